The van der Waals surface area contributed by atoms with Crippen LogP contribution in [-0.4, -0.2) is 13.1 Å². The fraction of sp³-hybridized carbons (Fsp3) is 0.333. The molecule has 1 aromatic rings. The second kappa shape index (κ2) is 8.32. The van der Waals surface area contributed by atoms with Gasteiger partial charge in [0, 0.05) is 5.69 Å². The van der Waals surface area contributed by atoms with Crippen molar-refractivity contribution in [3.8, 4) is 0 Å². The topological polar surface area (TPSA) is 38.0 Å². The van der Waals surface area contributed by atoms with Crippen molar-refractivity contribution in [2.24, 2.45) is 0 Å². The van der Waals surface area contributed by atoms with Crippen molar-refractivity contribution < 1.29 is 0 Å². The van der Waals surface area contributed by atoms with Gasteiger partial charge in [-0.1, -0.05) is 38.6 Å². The highest BCUT2D eigenvalue weighted by atomic mass is 14.8. The van der Waals surface area contributed by atoms with E-state index < -0.39 is 0 Å². The van der Waals surface area contributed by atoms with E-state index in [0.717, 1.165) is 24.3 Å². The molecule has 2 nitrogen and oxygen atoms in total. The first-order chi connectivity index (χ1) is 6.74. The van der Waals surface area contributed by atoms with Crippen LogP contribution < -0.4 is 11.1 Å². The molecule has 3 N–H and O–H groups in total. The van der Waals surface area contributed by atoms with E-state index in [0.29, 0.717) is 0 Å². The molecular formula is C12H20N2. The van der Waals surface area contributed by atoms with Gasteiger partial charge >= 0.3 is 0 Å². The summed E-state index contributed by atoms with van der Waals surface area (Å²) in [5.74, 6) is 0. The first-order valence-electron chi connectivity index (χ1n) is 4.93. The summed E-state index contributed by atoms with van der Waals surface area (Å²) in [6.07, 6.45) is 1.79. The summed E-state index contributed by atoms with van der Waals surface area (Å²) in [6, 6.07) is 7.58. The minimum absolute atomic E-state index is 0.792. The van der Waals surface area contributed by atoms with Gasteiger partial charge in [0.15, 0.2) is 0 Å². The summed E-state index contributed by atoms with van der Waals surface area (Å²) in [5, 5.41) is 3.11. The molecule has 0 saturated heterocycles. The van der Waals surface area contributed by atoms with Gasteiger partial charge in [-0.3, -0.25) is 0 Å². The minimum atomic E-state index is 0.792. The smallest absolute Gasteiger partial charge is 0.0314 e. The first kappa shape index (κ1) is 12.7. The lowest BCUT2D eigenvalue weighted by Gasteiger charge is -1.91. The Morgan fingerprint density at radius 3 is 2.00 bits per heavy atom. The summed E-state index contributed by atoms with van der Waals surface area (Å²) in [7, 11) is 0. The van der Waals surface area contributed by atoms with E-state index in [1.807, 2.05) is 24.3 Å². The number of benzene rings is 1. The molecule has 0 heterocycles. The molecule has 0 bridgehead atoms. The van der Waals surface area contributed by atoms with Gasteiger partial charge in [-0.05, 0) is 30.8 Å². The van der Waals surface area contributed by atoms with Crippen molar-refractivity contribution >= 4 is 11.8 Å². The number of nitrogens with one attached hydrogen (secondary N) is 1. The predicted molar refractivity (Wildman–Crippen MR) is 65.2 cm³/mol. The molecule has 78 valence electrons. The minimum Gasteiger partial charge on any atom is -0.399 e. The molecule has 0 aliphatic rings. The number of hydrogen-bond donors (Lipinski definition) is 2. The largest absolute Gasteiger partial charge is 0.399 e. The molecule has 1 aromatic carbocycles. The number of anilines is 1. The molecule has 0 amide bonds. The second-order valence-corrected chi connectivity index (χ2v) is 2.83. The van der Waals surface area contributed by atoms with Crippen LogP contribution in [-0.2, 0) is 0 Å². The van der Waals surface area contributed by atoms with Gasteiger partial charge < -0.3 is 11.1 Å². The lowest BCUT2D eigenvalue weighted by molar-refractivity contribution is 0.762. The van der Waals surface area contributed by atoms with E-state index in [1.54, 1.807) is 6.08 Å². The fourth-order valence-corrected chi connectivity index (χ4v) is 0.882. The molecule has 14 heavy (non-hydrogen) atoms. The lowest BCUT2D eigenvalue weighted by atomic mass is 10.2. The van der Waals surface area contributed by atoms with Crippen LogP contribution in [0.2, 0.25) is 0 Å². The molecule has 0 aliphatic carbocycles. The Labute approximate surface area is 86.8 Å². The van der Waals surface area contributed by atoms with Gasteiger partial charge in [-0.2, -0.15) is 0 Å². The van der Waals surface area contributed by atoms with Gasteiger partial charge in [-0.25, -0.2) is 0 Å². The molecule has 2 heteroatoms. The normalized spacial score (nSPS) is 8.71. The lowest BCUT2D eigenvalue weighted by Crippen LogP contribution is -2.09. The Bertz CT molecular complexity index is 237. The number of hydrogen-bond acceptors (Lipinski definition) is 2. The zero-order valence-corrected chi connectivity index (χ0v) is 9.09. The maximum atomic E-state index is 5.45. The highest BCUT2D eigenvalue weighted by Crippen LogP contribution is 2.05. The van der Waals surface area contributed by atoms with Crippen LogP contribution in [0, 0.1) is 0 Å². The molecule has 0 spiro atoms. The van der Waals surface area contributed by atoms with Crippen molar-refractivity contribution in [1.82, 2.24) is 5.32 Å². The molecule has 0 aliphatic heterocycles. The third kappa shape index (κ3) is 6.26. The van der Waals surface area contributed by atoms with E-state index in [4.69, 9.17) is 5.73 Å². The van der Waals surface area contributed by atoms with E-state index in [9.17, 15) is 0 Å². The van der Waals surface area contributed by atoms with Gasteiger partial charge in [0.05, 0.1) is 0 Å². The van der Waals surface area contributed by atoms with Crippen LogP contribution in [0.5, 0.6) is 0 Å². The Balaban J connectivity index is 0.000000292. The van der Waals surface area contributed by atoms with E-state index in [2.05, 4.69) is 25.7 Å². The molecular weight excluding hydrogens is 172 g/mol. The highest BCUT2D eigenvalue weighted by molar-refractivity contribution is 5.51. The molecule has 0 fully saturated rings. The van der Waals surface area contributed by atoms with Gasteiger partial charge in [-0.15, -0.1) is 0 Å². The van der Waals surface area contributed by atoms with Crippen molar-refractivity contribution in [3.05, 3.63) is 36.4 Å². The van der Waals surface area contributed by atoms with Gasteiger partial charge in [0.25, 0.3) is 0 Å². The molecule has 1 rings (SSSR count). The van der Waals surface area contributed by atoms with Crippen LogP contribution in [0.25, 0.3) is 6.08 Å². The van der Waals surface area contributed by atoms with Crippen molar-refractivity contribution in [3.63, 3.8) is 0 Å². The SMILES string of the molecule is C=Cc1ccc(N)cc1.CCNCC. The van der Waals surface area contributed by atoms with Crippen molar-refractivity contribution in [1.29, 1.82) is 0 Å². The predicted octanol–water partition coefficient (Wildman–Crippen LogP) is 2.53. The quantitative estimate of drug-likeness (QED) is 0.722. The summed E-state index contributed by atoms with van der Waals surface area (Å²) in [4.78, 5) is 0. The zero-order valence-electron chi connectivity index (χ0n) is 9.09. The van der Waals surface area contributed by atoms with Crippen molar-refractivity contribution in [2.45, 2.75) is 13.8 Å². The Hall–Kier alpha value is -1.28. The average molecular weight is 192 g/mol. The van der Waals surface area contributed by atoms with Crippen LogP contribution >= 0.6 is 0 Å². The number of nitrogen functional groups attached to an aromatic ring is 1. The van der Waals surface area contributed by atoms with Crippen LogP contribution in [0.15, 0.2) is 30.8 Å². The van der Waals surface area contributed by atoms with Crippen LogP contribution in [0.4, 0.5) is 5.69 Å². The average Bonchev–Trinajstić information content (AvgIpc) is 2.21. The Kier molecular flexibility index (Phi) is 7.56. The third-order valence-electron chi connectivity index (χ3n) is 1.67. The summed E-state index contributed by atoms with van der Waals surface area (Å²) in [6.45, 7) is 10.0. The van der Waals surface area contributed by atoms with E-state index in [-0.39, 0.29) is 0 Å². The van der Waals surface area contributed by atoms with Gasteiger partial charge in [0.1, 0.15) is 0 Å². The Morgan fingerprint density at radius 2 is 1.71 bits per heavy atom. The summed E-state index contributed by atoms with van der Waals surface area (Å²) in [5.41, 5.74) is 7.34. The molecule has 0 atom stereocenters. The second-order valence-electron chi connectivity index (χ2n) is 2.83. The molecule has 0 aromatic heterocycles. The highest BCUT2D eigenvalue weighted by Gasteiger charge is 1.82. The van der Waals surface area contributed by atoms with E-state index >= 15 is 0 Å². The maximum absolute atomic E-state index is 5.45. The Morgan fingerprint density at radius 1 is 1.21 bits per heavy atom. The maximum Gasteiger partial charge on any atom is 0.0314 e. The third-order valence-corrected chi connectivity index (χ3v) is 1.67. The molecule has 0 saturated carbocycles. The fourth-order valence-electron chi connectivity index (χ4n) is 0.882. The van der Waals surface area contributed by atoms with Crippen molar-refractivity contribution in [2.75, 3.05) is 18.8 Å². The molecule has 0 radical (unpaired) electrons. The zero-order chi connectivity index (χ0) is 10.8. The van der Waals surface area contributed by atoms with Gasteiger partial charge in [0.2, 0.25) is 0 Å². The summed E-state index contributed by atoms with van der Waals surface area (Å²) >= 11 is 0. The number of nitrogens with two attached hydrogens (primary N) is 1. The standard InChI is InChI=1S/C8H9N.C4H11N/c1-2-7-3-5-8(9)6-4-7;1-3-5-4-2/h2-6H,1,9H2;5H,3-4H2,1-2H3. The van der Waals surface area contributed by atoms with Crippen LogP contribution in [0.1, 0.15) is 19.4 Å². The van der Waals surface area contributed by atoms with Crippen LogP contribution in [0.3, 0.4) is 0 Å². The molecule has 0 unspecified atom stereocenters. The van der Waals surface area contributed by atoms with E-state index in [1.165, 1.54) is 0 Å². The first-order valence-corrected chi connectivity index (χ1v) is 4.93. The summed E-state index contributed by atoms with van der Waals surface area (Å²) < 4.78 is 0. The number of rotatable bonds is 3. The monoisotopic (exact) mass is 192 g/mol.